The third kappa shape index (κ3) is 4.14. The minimum atomic E-state index is -3.11. The molecule has 1 atom stereocenters. The van der Waals surface area contributed by atoms with Crippen LogP contribution < -0.4 is 5.32 Å². The topological polar surface area (TPSA) is 104 Å². The lowest BCUT2D eigenvalue weighted by Crippen LogP contribution is -2.43. The van der Waals surface area contributed by atoms with E-state index in [1.54, 1.807) is 18.3 Å². The maximum absolute atomic E-state index is 13.6. The number of amides is 2. The van der Waals surface area contributed by atoms with Gasteiger partial charge in [0.05, 0.1) is 42.5 Å². The standard InChI is InChI=1S/C23H20F2N6O2/c24-23(25)8-17(9-26)30(13-23)21(32)11-28-22(33)18-5-6-27-20-4-1-14(7-19(18)20)15-10-29-31(12-15)16-2-3-16/h1,4-7,10,12,16-17H,2-3,8,11,13H2,(H,28,33). The highest BCUT2D eigenvalue weighted by Gasteiger charge is 2.47. The second-order valence-corrected chi connectivity index (χ2v) is 8.44. The molecule has 0 radical (unpaired) electrons. The van der Waals surface area contributed by atoms with Gasteiger partial charge in [-0.15, -0.1) is 0 Å². The summed E-state index contributed by atoms with van der Waals surface area (Å²) in [5.74, 6) is -4.36. The van der Waals surface area contributed by atoms with E-state index in [0.29, 0.717) is 22.5 Å². The molecule has 1 aliphatic heterocycles. The van der Waals surface area contributed by atoms with Crippen LogP contribution in [0.1, 0.15) is 35.7 Å². The Kier molecular flexibility index (Phi) is 5.04. The van der Waals surface area contributed by atoms with Crippen molar-refractivity contribution in [1.82, 2.24) is 25.0 Å². The van der Waals surface area contributed by atoms with Crippen molar-refractivity contribution in [3.05, 3.63) is 48.4 Å². The first-order valence-electron chi connectivity index (χ1n) is 10.6. The van der Waals surface area contributed by atoms with Gasteiger partial charge in [0.25, 0.3) is 11.8 Å². The first-order chi connectivity index (χ1) is 15.8. The van der Waals surface area contributed by atoms with Crippen molar-refractivity contribution < 1.29 is 18.4 Å². The Morgan fingerprint density at radius 1 is 1.24 bits per heavy atom. The lowest BCUT2D eigenvalue weighted by atomic mass is 10.0. The van der Waals surface area contributed by atoms with Crippen LogP contribution in [0.4, 0.5) is 8.78 Å². The van der Waals surface area contributed by atoms with Crippen LogP contribution in [-0.2, 0) is 4.79 Å². The SMILES string of the molecule is N#CC1CC(F)(F)CN1C(=O)CNC(=O)c1ccnc2ccc(-c3cnn(C4CC4)c3)cc12. The quantitative estimate of drug-likeness (QED) is 0.644. The summed E-state index contributed by atoms with van der Waals surface area (Å²) in [4.78, 5) is 30.4. The van der Waals surface area contributed by atoms with Crippen molar-refractivity contribution >= 4 is 22.7 Å². The number of hydrogen-bond donors (Lipinski definition) is 1. The molecular weight excluding hydrogens is 430 g/mol. The lowest BCUT2D eigenvalue weighted by molar-refractivity contribution is -0.131. The van der Waals surface area contributed by atoms with Crippen molar-refractivity contribution in [2.45, 2.75) is 37.3 Å². The summed E-state index contributed by atoms with van der Waals surface area (Å²) in [5, 5.41) is 16.6. The molecule has 1 saturated heterocycles. The molecule has 5 rings (SSSR count). The Balaban J connectivity index is 1.34. The van der Waals surface area contributed by atoms with Gasteiger partial charge in [0.15, 0.2) is 0 Å². The molecule has 2 amide bonds. The van der Waals surface area contributed by atoms with Gasteiger partial charge < -0.3 is 10.2 Å². The van der Waals surface area contributed by atoms with E-state index in [2.05, 4.69) is 15.4 Å². The minimum absolute atomic E-state index is 0.313. The fraction of sp³-hybridized carbons (Fsp3) is 0.348. The van der Waals surface area contributed by atoms with Gasteiger partial charge in [0.2, 0.25) is 5.91 Å². The van der Waals surface area contributed by atoms with Gasteiger partial charge in [-0.3, -0.25) is 19.3 Å². The van der Waals surface area contributed by atoms with Gasteiger partial charge in [-0.1, -0.05) is 6.07 Å². The molecule has 2 aliphatic rings. The van der Waals surface area contributed by atoms with Crippen molar-refractivity contribution in [3.63, 3.8) is 0 Å². The van der Waals surface area contributed by atoms with Crippen LogP contribution >= 0.6 is 0 Å². The molecule has 3 heterocycles. The first-order valence-corrected chi connectivity index (χ1v) is 10.6. The predicted molar refractivity (Wildman–Crippen MR) is 114 cm³/mol. The molecule has 2 aromatic heterocycles. The molecule has 1 aliphatic carbocycles. The van der Waals surface area contributed by atoms with Crippen molar-refractivity contribution in [2.24, 2.45) is 0 Å². The Labute approximate surface area is 187 Å². The third-order valence-electron chi connectivity index (χ3n) is 5.98. The molecule has 2 fully saturated rings. The van der Waals surface area contributed by atoms with Crippen LogP contribution in [0.15, 0.2) is 42.9 Å². The highest BCUT2D eigenvalue weighted by molar-refractivity contribution is 6.07. The van der Waals surface area contributed by atoms with Gasteiger partial charge in [0, 0.05) is 29.8 Å². The summed E-state index contributed by atoms with van der Waals surface area (Å²) in [6, 6.07) is 8.08. The lowest BCUT2D eigenvalue weighted by Gasteiger charge is -2.19. The molecule has 10 heteroatoms. The zero-order valence-electron chi connectivity index (χ0n) is 17.5. The zero-order valence-corrected chi connectivity index (χ0v) is 17.5. The average molecular weight is 450 g/mol. The number of pyridine rings is 1. The van der Waals surface area contributed by atoms with Crippen LogP contribution in [-0.4, -0.2) is 56.5 Å². The summed E-state index contributed by atoms with van der Waals surface area (Å²) in [6.07, 6.45) is 6.80. The van der Waals surface area contributed by atoms with Crippen molar-refractivity contribution in [2.75, 3.05) is 13.1 Å². The van der Waals surface area contributed by atoms with Crippen LogP contribution in [0.5, 0.6) is 0 Å². The molecule has 1 unspecified atom stereocenters. The molecule has 8 nitrogen and oxygen atoms in total. The number of nitriles is 1. The summed E-state index contributed by atoms with van der Waals surface area (Å²) in [6.45, 7) is -1.30. The molecule has 3 aromatic rings. The molecule has 33 heavy (non-hydrogen) atoms. The maximum Gasteiger partial charge on any atom is 0.268 e. The van der Waals surface area contributed by atoms with E-state index >= 15 is 0 Å². The zero-order chi connectivity index (χ0) is 23.2. The summed E-state index contributed by atoms with van der Waals surface area (Å²) < 4.78 is 29.2. The second-order valence-electron chi connectivity index (χ2n) is 8.44. The smallest absolute Gasteiger partial charge is 0.268 e. The number of benzene rings is 1. The number of halogens is 2. The summed E-state index contributed by atoms with van der Waals surface area (Å²) in [5.41, 5.74) is 2.72. The number of carbonyl (C=O) groups excluding carboxylic acids is 2. The number of likely N-dealkylation sites (tertiary alicyclic amines) is 1. The van der Waals surface area contributed by atoms with Gasteiger partial charge in [0.1, 0.15) is 6.04 Å². The molecule has 1 saturated carbocycles. The van der Waals surface area contributed by atoms with E-state index in [9.17, 15) is 18.4 Å². The normalized spacial score (nSPS) is 19.4. The molecular formula is C23H20F2N6O2. The summed E-state index contributed by atoms with van der Waals surface area (Å²) in [7, 11) is 0. The molecule has 0 bridgehead atoms. The number of rotatable bonds is 5. The van der Waals surface area contributed by atoms with Crippen molar-refractivity contribution in [3.8, 4) is 17.2 Å². The largest absolute Gasteiger partial charge is 0.343 e. The molecule has 0 spiro atoms. The Morgan fingerprint density at radius 2 is 2.06 bits per heavy atom. The van der Waals surface area contributed by atoms with E-state index in [-0.39, 0.29) is 0 Å². The van der Waals surface area contributed by atoms with E-state index < -0.39 is 43.3 Å². The van der Waals surface area contributed by atoms with E-state index in [4.69, 9.17) is 5.26 Å². The van der Waals surface area contributed by atoms with Crippen LogP contribution in [0.2, 0.25) is 0 Å². The van der Waals surface area contributed by atoms with Gasteiger partial charge >= 0.3 is 0 Å². The van der Waals surface area contributed by atoms with Gasteiger partial charge in [-0.2, -0.15) is 10.4 Å². The first kappa shape index (κ1) is 21.0. The number of fused-ring (bicyclic) bond motifs is 1. The predicted octanol–water partition coefficient (Wildman–Crippen LogP) is 2.92. The second kappa shape index (κ2) is 7.92. The average Bonchev–Trinajstić information content (AvgIpc) is 3.45. The number of alkyl halides is 2. The highest BCUT2D eigenvalue weighted by Crippen LogP contribution is 2.35. The fourth-order valence-electron chi connectivity index (χ4n) is 4.10. The van der Waals surface area contributed by atoms with Gasteiger partial charge in [-0.25, -0.2) is 8.78 Å². The van der Waals surface area contributed by atoms with Gasteiger partial charge in [-0.05, 0) is 36.6 Å². The molecule has 1 N–H and O–H groups in total. The van der Waals surface area contributed by atoms with Crippen LogP contribution in [0.25, 0.3) is 22.0 Å². The number of carbonyl (C=O) groups is 2. The highest BCUT2D eigenvalue weighted by atomic mass is 19.3. The molecule has 1 aromatic carbocycles. The van der Waals surface area contributed by atoms with E-state index in [1.165, 1.54) is 6.20 Å². The summed E-state index contributed by atoms with van der Waals surface area (Å²) >= 11 is 0. The number of hydrogen-bond acceptors (Lipinski definition) is 5. The fourth-order valence-corrected chi connectivity index (χ4v) is 4.10. The number of nitrogens with zero attached hydrogens (tertiary/aromatic N) is 5. The number of aromatic nitrogens is 3. The van der Waals surface area contributed by atoms with E-state index in [1.807, 2.05) is 29.1 Å². The number of nitrogens with one attached hydrogen (secondary N) is 1. The molecule has 168 valence electrons. The third-order valence-corrected chi connectivity index (χ3v) is 5.98. The monoisotopic (exact) mass is 450 g/mol. The van der Waals surface area contributed by atoms with Crippen LogP contribution in [0, 0.1) is 11.3 Å². The van der Waals surface area contributed by atoms with Crippen LogP contribution in [0.3, 0.4) is 0 Å². The van der Waals surface area contributed by atoms with Crippen molar-refractivity contribution in [1.29, 1.82) is 5.26 Å². The Morgan fingerprint density at radius 3 is 2.82 bits per heavy atom. The Bertz CT molecular complexity index is 1290. The maximum atomic E-state index is 13.6. The van der Waals surface area contributed by atoms with E-state index in [0.717, 1.165) is 28.9 Å². The minimum Gasteiger partial charge on any atom is -0.343 e. The Hall–Kier alpha value is -3.87.